The van der Waals surface area contributed by atoms with E-state index in [9.17, 15) is 27.9 Å². The number of phenolic OH excluding ortho intramolecular Hbond substituents is 1. The summed E-state index contributed by atoms with van der Waals surface area (Å²) in [5.74, 6) is -2.06. The number of halogens is 4. The highest BCUT2D eigenvalue weighted by Crippen LogP contribution is 2.33. The molecule has 0 saturated carbocycles. The molecule has 0 bridgehead atoms. The van der Waals surface area contributed by atoms with Crippen molar-refractivity contribution in [3.63, 3.8) is 0 Å². The SMILES string of the molecule is O=C(NC1CCN(CC(F)(F)F)C1=O)c1cc(-c2ccccc2)cc(Cl)c1O. The Morgan fingerprint density at radius 2 is 1.89 bits per heavy atom. The molecule has 0 radical (unpaired) electrons. The van der Waals surface area contributed by atoms with Crippen molar-refractivity contribution < 1.29 is 27.9 Å². The minimum absolute atomic E-state index is 0.0491. The van der Waals surface area contributed by atoms with Crippen LogP contribution in [-0.2, 0) is 4.79 Å². The molecule has 1 saturated heterocycles. The van der Waals surface area contributed by atoms with E-state index in [4.69, 9.17) is 11.6 Å². The second-order valence-corrected chi connectivity index (χ2v) is 6.82. The second kappa shape index (κ2) is 7.71. The molecule has 148 valence electrons. The smallest absolute Gasteiger partial charge is 0.406 e. The van der Waals surface area contributed by atoms with E-state index in [1.165, 1.54) is 12.1 Å². The van der Waals surface area contributed by atoms with E-state index in [2.05, 4.69) is 5.32 Å². The minimum Gasteiger partial charge on any atom is -0.506 e. The number of likely N-dealkylation sites (tertiary alicyclic amines) is 1. The van der Waals surface area contributed by atoms with E-state index in [1.807, 2.05) is 6.07 Å². The molecule has 2 N–H and O–H groups in total. The number of nitrogens with zero attached hydrogens (tertiary/aromatic N) is 1. The van der Waals surface area contributed by atoms with Crippen LogP contribution in [0.2, 0.25) is 5.02 Å². The van der Waals surface area contributed by atoms with Crippen molar-refractivity contribution in [2.45, 2.75) is 18.6 Å². The van der Waals surface area contributed by atoms with Crippen LogP contribution >= 0.6 is 11.6 Å². The number of phenols is 1. The number of carbonyl (C=O) groups excluding carboxylic acids is 2. The Morgan fingerprint density at radius 1 is 1.21 bits per heavy atom. The molecule has 0 aromatic heterocycles. The lowest BCUT2D eigenvalue weighted by Gasteiger charge is -2.19. The minimum atomic E-state index is -4.51. The highest BCUT2D eigenvalue weighted by Gasteiger charge is 2.40. The van der Waals surface area contributed by atoms with Crippen LogP contribution in [-0.4, -0.2) is 47.1 Å². The molecule has 9 heteroatoms. The first-order valence-corrected chi connectivity index (χ1v) is 8.78. The van der Waals surface area contributed by atoms with Crippen molar-refractivity contribution in [3.05, 3.63) is 53.1 Å². The predicted molar refractivity (Wildman–Crippen MR) is 97.1 cm³/mol. The van der Waals surface area contributed by atoms with Gasteiger partial charge in [-0.25, -0.2) is 0 Å². The monoisotopic (exact) mass is 412 g/mol. The number of nitrogens with one attached hydrogen (secondary N) is 1. The van der Waals surface area contributed by atoms with Gasteiger partial charge in [0.05, 0.1) is 10.6 Å². The van der Waals surface area contributed by atoms with E-state index in [0.29, 0.717) is 10.5 Å². The van der Waals surface area contributed by atoms with Gasteiger partial charge >= 0.3 is 6.18 Å². The largest absolute Gasteiger partial charge is 0.506 e. The molecule has 2 aromatic rings. The summed E-state index contributed by atoms with van der Waals surface area (Å²) in [6, 6.07) is 10.8. The van der Waals surface area contributed by atoms with Crippen LogP contribution in [0.25, 0.3) is 11.1 Å². The molecule has 2 amide bonds. The van der Waals surface area contributed by atoms with Crippen LogP contribution in [0.3, 0.4) is 0 Å². The summed E-state index contributed by atoms with van der Waals surface area (Å²) < 4.78 is 37.5. The zero-order chi connectivity index (χ0) is 20.5. The quantitative estimate of drug-likeness (QED) is 0.806. The summed E-state index contributed by atoms with van der Waals surface area (Å²) in [6.07, 6.45) is -4.46. The zero-order valence-corrected chi connectivity index (χ0v) is 15.2. The van der Waals surface area contributed by atoms with Crippen LogP contribution in [0.1, 0.15) is 16.8 Å². The lowest BCUT2D eigenvalue weighted by molar-refractivity contribution is -0.157. The lowest BCUT2D eigenvalue weighted by atomic mass is 10.0. The third kappa shape index (κ3) is 4.39. The van der Waals surface area contributed by atoms with Crippen LogP contribution in [0, 0.1) is 0 Å². The fraction of sp³-hybridized carbons (Fsp3) is 0.263. The normalized spacial score (nSPS) is 17.1. The standard InChI is InChI=1S/C19H16ClF3N2O3/c20-14-9-12(11-4-2-1-3-5-11)8-13(16(14)26)17(27)24-15-6-7-25(18(15)28)10-19(21,22)23/h1-5,8-9,15,26H,6-7,10H2,(H,24,27). The molecular weight excluding hydrogens is 397 g/mol. The van der Waals surface area contributed by atoms with Gasteiger partial charge in [0.25, 0.3) is 5.91 Å². The van der Waals surface area contributed by atoms with Gasteiger partial charge in [-0.3, -0.25) is 9.59 Å². The highest BCUT2D eigenvalue weighted by molar-refractivity contribution is 6.33. The van der Waals surface area contributed by atoms with Gasteiger partial charge in [-0.15, -0.1) is 0 Å². The van der Waals surface area contributed by atoms with Crippen molar-refractivity contribution in [3.8, 4) is 16.9 Å². The van der Waals surface area contributed by atoms with Gasteiger partial charge < -0.3 is 15.3 Å². The second-order valence-electron chi connectivity index (χ2n) is 6.41. The van der Waals surface area contributed by atoms with Crippen LogP contribution in [0.4, 0.5) is 13.2 Å². The average molecular weight is 413 g/mol. The number of benzene rings is 2. The molecule has 3 rings (SSSR count). The summed E-state index contributed by atoms with van der Waals surface area (Å²) in [6.45, 7) is -1.47. The van der Waals surface area contributed by atoms with Crippen molar-refractivity contribution in [2.24, 2.45) is 0 Å². The Labute approximate surface area is 163 Å². The van der Waals surface area contributed by atoms with Gasteiger partial charge in [0.2, 0.25) is 5.91 Å². The third-order valence-corrected chi connectivity index (χ3v) is 4.68. The number of carbonyl (C=O) groups is 2. The fourth-order valence-electron chi connectivity index (χ4n) is 3.05. The molecule has 0 spiro atoms. The lowest BCUT2D eigenvalue weighted by Crippen LogP contribution is -2.43. The molecule has 1 atom stereocenters. The average Bonchev–Trinajstić information content (AvgIpc) is 2.96. The summed E-state index contributed by atoms with van der Waals surface area (Å²) in [5.41, 5.74) is 1.17. The maximum absolute atomic E-state index is 12.6. The molecule has 0 aliphatic carbocycles. The van der Waals surface area contributed by atoms with Gasteiger partial charge in [0.1, 0.15) is 18.3 Å². The van der Waals surface area contributed by atoms with E-state index < -0.39 is 36.3 Å². The van der Waals surface area contributed by atoms with Crippen LogP contribution in [0.15, 0.2) is 42.5 Å². The number of hydrogen-bond donors (Lipinski definition) is 2. The van der Waals surface area contributed by atoms with Gasteiger partial charge in [-0.05, 0) is 29.7 Å². The molecule has 5 nitrogen and oxygen atoms in total. The zero-order valence-electron chi connectivity index (χ0n) is 14.5. The molecule has 2 aromatic carbocycles. The Balaban J connectivity index is 1.80. The summed E-state index contributed by atoms with van der Waals surface area (Å²) in [5, 5.41) is 12.5. The van der Waals surface area contributed by atoms with E-state index >= 15 is 0 Å². The number of aromatic hydroxyl groups is 1. The number of amides is 2. The first kappa shape index (κ1) is 20.0. The molecule has 1 heterocycles. The summed E-state index contributed by atoms with van der Waals surface area (Å²) in [4.78, 5) is 25.3. The Kier molecular flexibility index (Phi) is 5.51. The molecule has 28 heavy (non-hydrogen) atoms. The molecule has 1 unspecified atom stereocenters. The topological polar surface area (TPSA) is 69.6 Å². The highest BCUT2D eigenvalue weighted by atomic mass is 35.5. The predicted octanol–water partition coefficient (Wildman–Crippen LogP) is 3.61. The first-order chi connectivity index (χ1) is 13.2. The van der Waals surface area contributed by atoms with Crippen molar-refractivity contribution in [2.75, 3.05) is 13.1 Å². The van der Waals surface area contributed by atoms with Crippen molar-refractivity contribution in [1.82, 2.24) is 10.2 Å². The van der Waals surface area contributed by atoms with Gasteiger partial charge in [0.15, 0.2) is 0 Å². The van der Waals surface area contributed by atoms with Crippen LogP contribution in [0.5, 0.6) is 5.75 Å². The van der Waals surface area contributed by atoms with Crippen molar-refractivity contribution >= 4 is 23.4 Å². The Hall–Kier alpha value is -2.74. The molecule has 1 aliphatic rings. The van der Waals surface area contributed by atoms with Crippen molar-refractivity contribution in [1.29, 1.82) is 0 Å². The molecule has 1 fully saturated rings. The Bertz CT molecular complexity index is 903. The van der Waals surface area contributed by atoms with E-state index in [1.54, 1.807) is 24.3 Å². The number of hydrogen-bond acceptors (Lipinski definition) is 3. The molecular formula is C19H16ClF3N2O3. The summed E-state index contributed by atoms with van der Waals surface area (Å²) in [7, 11) is 0. The molecule has 1 aliphatic heterocycles. The fourth-order valence-corrected chi connectivity index (χ4v) is 3.27. The van der Waals surface area contributed by atoms with Crippen LogP contribution < -0.4 is 5.32 Å². The maximum Gasteiger partial charge on any atom is 0.406 e. The van der Waals surface area contributed by atoms with Gasteiger partial charge in [0, 0.05) is 6.54 Å². The van der Waals surface area contributed by atoms with Gasteiger partial charge in [-0.2, -0.15) is 13.2 Å². The maximum atomic E-state index is 12.6. The van der Waals surface area contributed by atoms with Gasteiger partial charge in [-0.1, -0.05) is 41.9 Å². The van der Waals surface area contributed by atoms with E-state index in [-0.39, 0.29) is 23.6 Å². The van der Waals surface area contributed by atoms with E-state index in [0.717, 1.165) is 5.56 Å². The Morgan fingerprint density at radius 3 is 2.54 bits per heavy atom. The number of alkyl halides is 3. The third-order valence-electron chi connectivity index (χ3n) is 4.39. The number of rotatable bonds is 4. The summed E-state index contributed by atoms with van der Waals surface area (Å²) >= 11 is 6.02. The first-order valence-electron chi connectivity index (χ1n) is 8.40.